The van der Waals surface area contributed by atoms with Gasteiger partial charge >= 0.3 is 6.36 Å². The lowest BCUT2D eigenvalue weighted by atomic mass is 10.2. The summed E-state index contributed by atoms with van der Waals surface area (Å²) in [4.78, 5) is 13.0. The Balaban J connectivity index is 1.56. The molecule has 0 aliphatic rings. The van der Waals surface area contributed by atoms with E-state index in [-0.39, 0.29) is 13.0 Å². The van der Waals surface area contributed by atoms with Crippen LogP contribution in [0.2, 0.25) is 0 Å². The van der Waals surface area contributed by atoms with E-state index in [0.29, 0.717) is 17.3 Å². The maximum atomic E-state index is 12.1. The molecule has 4 aromatic heterocycles. The number of nitrogens with zero attached hydrogens (tertiary/aromatic N) is 7. The summed E-state index contributed by atoms with van der Waals surface area (Å²) in [7, 11) is 0. The second-order valence-corrected chi connectivity index (χ2v) is 6.45. The molecule has 0 saturated heterocycles. The van der Waals surface area contributed by atoms with Crippen molar-refractivity contribution >= 4 is 28.3 Å². The van der Waals surface area contributed by atoms with Crippen molar-refractivity contribution in [2.24, 2.45) is 0 Å². The van der Waals surface area contributed by atoms with Gasteiger partial charge in [0.25, 0.3) is 0 Å². The molecule has 0 fully saturated rings. The number of rotatable bonds is 6. The number of aromatic nitrogens is 7. The Morgan fingerprint density at radius 1 is 1.21 bits per heavy atom. The minimum atomic E-state index is -4.63. The quantitative estimate of drug-likeness (QED) is 0.492. The molecule has 152 valence electrons. The maximum absolute atomic E-state index is 12.1. The zero-order valence-corrected chi connectivity index (χ0v) is 15.6. The largest absolute Gasteiger partial charge is 0.522 e. The predicted molar refractivity (Wildman–Crippen MR) is 97.7 cm³/mol. The molecule has 0 aromatic carbocycles. The zero-order valence-electron chi connectivity index (χ0n) is 15.6. The van der Waals surface area contributed by atoms with Crippen molar-refractivity contribution in [1.29, 1.82) is 0 Å². The Morgan fingerprint density at radius 3 is 2.83 bits per heavy atom. The first-order valence-electron chi connectivity index (χ1n) is 8.78. The van der Waals surface area contributed by atoms with Gasteiger partial charge in [-0.15, -0.1) is 13.2 Å². The van der Waals surface area contributed by atoms with Gasteiger partial charge in [0.2, 0.25) is 5.95 Å². The number of hydrogen-bond acceptors (Lipinski definition) is 7. The fraction of sp³-hybridized carbons (Fsp3) is 0.353. The zero-order chi connectivity index (χ0) is 20.6. The van der Waals surface area contributed by atoms with E-state index >= 15 is 0 Å². The van der Waals surface area contributed by atoms with Crippen LogP contribution in [-0.4, -0.2) is 47.3 Å². The van der Waals surface area contributed by atoms with E-state index < -0.39 is 13.0 Å². The average molecular weight is 406 g/mol. The van der Waals surface area contributed by atoms with Gasteiger partial charge in [0, 0.05) is 12.7 Å². The molecule has 0 aliphatic carbocycles. The SMILES string of the molecule is Cc1cc2ncnn2cc1Nc1ncc2c(C)nn(CCCOC(F)(F)F)c2n1. The second kappa shape index (κ2) is 7.28. The molecule has 9 nitrogen and oxygen atoms in total. The molecule has 4 heterocycles. The molecule has 0 saturated carbocycles. The first kappa shape index (κ1) is 19.1. The van der Waals surface area contributed by atoms with E-state index in [1.54, 1.807) is 28.5 Å². The number of aryl methyl sites for hydroxylation is 3. The van der Waals surface area contributed by atoms with Crippen LogP contribution in [0.1, 0.15) is 17.7 Å². The van der Waals surface area contributed by atoms with Crippen molar-refractivity contribution < 1.29 is 17.9 Å². The van der Waals surface area contributed by atoms with Crippen LogP contribution < -0.4 is 5.32 Å². The normalized spacial score (nSPS) is 12.2. The highest BCUT2D eigenvalue weighted by molar-refractivity contribution is 5.78. The van der Waals surface area contributed by atoms with Crippen molar-refractivity contribution in [3.05, 3.63) is 36.0 Å². The number of fused-ring (bicyclic) bond motifs is 2. The summed E-state index contributed by atoms with van der Waals surface area (Å²) in [6, 6.07) is 1.88. The summed E-state index contributed by atoms with van der Waals surface area (Å²) in [5.74, 6) is 0.341. The Hall–Kier alpha value is -3.28. The average Bonchev–Trinajstić information content (AvgIpc) is 3.22. The molecule has 0 amide bonds. The van der Waals surface area contributed by atoms with Crippen LogP contribution >= 0.6 is 0 Å². The van der Waals surface area contributed by atoms with Gasteiger partial charge in [-0.05, 0) is 31.9 Å². The van der Waals surface area contributed by atoms with E-state index in [1.165, 1.54) is 6.33 Å². The highest BCUT2D eigenvalue weighted by Gasteiger charge is 2.28. The van der Waals surface area contributed by atoms with Gasteiger partial charge in [0.15, 0.2) is 11.3 Å². The molecule has 0 unspecified atom stereocenters. The number of nitrogens with one attached hydrogen (secondary N) is 1. The lowest BCUT2D eigenvalue weighted by Crippen LogP contribution is -2.15. The molecule has 12 heteroatoms. The minimum absolute atomic E-state index is 0.143. The van der Waals surface area contributed by atoms with Crippen LogP contribution in [0.15, 0.2) is 24.8 Å². The highest BCUT2D eigenvalue weighted by Crippen LogP contribution is 2.22. The van der Waals surface area contributed by atoms with Gasteiger partial charge in [-0.25, -0.2) is 19.2 Å². The van der Waals surface area contributed by atoms with E-state index in [9.17, 15) is 13.2 Å². The summed E-state index contributed by atoms with van der Waals surface area (Å²) >= 11 is 0. The van der Waals surface area contributed by atoms with Crippen molar-refractivity contribution in [2.75, 3.05) is 11.9 Å². The van der Waals surface area contributed by atoms with E-state index in [4.69, 9.17) is 0 Å². The summed E-state index contributed by atoms with van der Waals surface area (Å²) < 4.78 is 43.4. The van der Waals surface area contributed by atoms with Crippen LogP contribution in [0.3, 0.4) is 0 Å². The van der Waals surface area contributed by atoms with Crippen molar-refractivity contribution in [2.45, 2.75) is 33.2 Å². The fourth-order valence-electron chi connectivity index (χ4n) is 2.93. The van der Waals surface area contributed by atoms with E-state index in [0.717, 1.165) is 22.3 Å². The predicted octanol–water partition coefficient (Wildman–Crippen LogP) is 3.16. The number of anilines is 2. The molecule has 1 N–H and O–H groups in total. The van der Waals surface area contributed by atoms with Gasteiger partial charge in [0.1, 0.15) is 6.33 Å². The number of ether oxygens (including phenoxy) is 1. The molecular formula is C17H17F3N8O. The molecular weight excluding hydrogens is 389 g/mol. The number of alkyl halides is 3. The molecule has 4 rings (SSSR count). The van der Waals surface area contributed by atoms with Crippen LogP contribution in [-0.2, 0) is 11.3 Å². The number of hydrogen-bond donors (Lipinski definition) is 1. The standard InChI is InChI=1S/C17H17F3N8O/c1-10-6-14-22-9-23-28(14)8-13(10)24-16-21-7-12-11(2)26-27(15(12)25-16)4-3-5-29-17(18,19)20/h6-9H,3-5H2,1-2H3,(H,21,24,25). The third-order valence-electron chi connectivity index (χ3n) is 4.32. The molecule has 0 atom stereocenters. The Labute approximate surface area is 162 Å². The third-order valence-corrected chi connectivity index (χ3v) is 4.32. The Morgan fingerprint density at radius 2 is 2.03 bits per heavy atom. The summed E-state index contributed by atoms with van der Waals surface area (Å²) in [6.45, 7) is 3.51. The van der Waals surface area contributed by atoms with Crippen LogP contribution in [0.25, 0.3) is 16.7 Å². The summed E-state index contributed by atoms with van der Waals surface area (Å²) in [5, 5.41) is 12.3. The van der Waals surface area contributed by atoms with Crippen LogP contribution in [0.5, 0.6) is 0 Å². The molecule has 0 aliphatic heterocycles. The number of pyridine rings is 1. The lowest BCUT2D eigenvalue weighted by Gasteiger charge is -2.09. The fourth-order valence-corrected chi connectivity index (χ4v) is 2.93. The van der Waals surface area contributed by atoms with Gasteiger partial charge in [-0.2, -0.15) is 15.2 Å². The lowest BCUT2D eigenvalue weighted by molar-refractivity contribution is -0.324. The molecule has 4 aromatic rings. The van der Waals surface area contributed by atoms with Gasteiger partial charge in [0.05, 0.1) is 29.6 Å². The molecule has 29 heavy (non-hydrogen) atoms. The van der Waals surface area contributed by atoms with Gasteiger partial charge < -0.3 is 5.32 Å². The van der Waals surface area contributed by atoms with Crippen LogP contribution in [0, 0.1) is 13.8 Å². The molecule has 0 spiro atoms. The number of halogens is 3. The first-order valence-corrected chi connectivity index (χ1v) is 8.78. The maximum Gasteiger partial charge on any atom is 0.522 e. The monoisotopic (exact) mass is 406 g/mol. The van der Waals surface area contributed by atoms with Crippen LogP contribution in [0.4, 0.5) is 24.8 Å². The highest BCUT2D eigenvalue weighted by atomic mass is 19.4. The van der Waals surface area contributed by atoms with E-state index in [2.05, 4.69) is 35.2 Å². The van der Waals surface area contributed by atoms with Gasteiger partial charge in [-0.3, -0.25) is 4.74 Å². The van der Waals surface area contributed by atoms with Gasteiger partial charge in [-0.1, -0.05) is 0 Å². The Bertz CT molecular complexity index is 1170. The molecule has 0 radical (unpaired) electrons. The minimum Gasteiger partial charge on any atom is -0.323 e. The first-order chi connectivity index (χ1) is 13.8. The Kier molecular flexibility index (Phi) is 4.78. The van der Waals surface area contributed by atoms with Crippen molar-refractivity contribution in [3.63, 3.8) is 0 Å². The molecule has 0 bridgehead atoms. The van der Waals surface area contributed by atoms with Crippen molar-refractivity contribution in [1.82, 2.24) is 34.3 Å². The third kappa shape index (κ3) is 4.11. The topological polar surface area (TPSA) is 95.1 Å². The summed E-state index contributed by atoms with van der Waals surface area (Å²) in [6.07, 6.45) is 0.390. The van der Waals surface area contributed by atoms with E-state index in [1.807, 2.05) is 13.0 Å². The van der Waals surface area contributed by atoms with Crippen molar-refractivity contribution in [3.8, 4) is 0 Å². The second-order valence-electron chi connectivity index (χ2n) is 6.45. The smallest absolute Gasteiger partial charge is 0.323 e. The summed E-state index contributed by atoms with van der Waals surface area (Å²) in [5.41, 5.74) is 3.64.